The highest BCUT2D eigenvalue weighted by Crippen LogP contribution is 2.18. The fourth-order valence-electron chi connectivity index (χ4n) is 3.83. The van der Waals surface area contributed by atoms with Gasteiger partial charge in [-0.15, -0.1) is 0 Å². The summed E-state index contributed by atoms with van der Waals surface area (Å²) in [6, 6.07) is 18.4. The van der Waals surface area contributed by atoms with Crippen molar-refractivity contribution >= 4 is 22.6 Å². The summed E-state index contributed by atoms with van der Waals surface area (Å²) in [5.74, 6) is 1.24. The van der Waals surface area contributed by atoms with Crippen LogP contribution in [-0.2, 0) is 6.42 Å². The lowest BCUT2D eigenvalue weighted by molar-refractivity contribution is 0.0658. The predicted molar refractivity (Wildman–Crippen MR) is 115 cm³/mol. The van der Waals surface area contributed by atoms with Crippen LogP contribution >= 0.6 is 0 Å². The van der Waals surface area contributed by atoms with E-state index in [-0.39, 0.29) is 5.91 Å². The third-order valence-electron chi connectivity index (χ3n) is 5.37. The van der Waals surface area contributed by atoms with Crippen molar-refractivity contribution in [2.45, 2.75) is 6.42 Å². The molecule has 0 bridgehead atoms. The molecule has 1 N–H and O–H groups in total. The third kappa shape index (κ3) is 4.26. The first-order valence-corrected chi connectivity index (χ1v) is 10.0. The highest BCUT2D eigenvalue weighted by molar-refractivity contribution is 5.91. The molecule has 0 spiro atoms. The number of nitrogens with one attached hydrogen (secondary N) is 1. The fraction of sp³-hybridized carbons (Fsp3) is 0.304. The summed E-state index contributed by atoms with van der Waals surface area (Å²) < 4.78 is 5.23. The van der Waals surface area contributed by atoms with Crippen molar-refractivity contribution < 1.29 is 9.21 Å². The van der Waals surface area contributed by atoms with Gasteiger partial charge in [0, 0.05) is 39.8 Å². The Morgan fingerprint density at radius 2 is 1.76 bits per heavy atom. The monoisotopic (exact) mass is 390 g/mol. The van der Waals surface area contributed by atoms with Gasteiger partial charge < -0.3 is 19.5 Å². The van der Waals surface area contributed by atoms with Crippen molar-refractivity contribution in [3.63, 3.8) is 0 Å². The number of furan rings is 1. The van der Waals surface area contributed by atoms with Crippen molar-refractivity contribution in [1.82, 2.24) is 15.1 Å². The van der Waals surface area contributed by atoms with Gasteiger partial charge in [-0.3, -0.25) is 9.79 Å². The number of guanidine groups is 1. The molecule has 2 aromatic carbocycles. The second-order valence-electron chi connectivity index (χ2n) is 7.12. The predicted octanol–water partition coefficient (Wildman–Crippen LogP) is 3.01. The van der Waals surface area contributed by atoms with E-state index in [1.807, 2.05) is 4.90 Å². The van der Waals surface area contributed by atoms with Crippen LogP contribution in [0.1, 0.15) is 16.1 Å². The first kappa shape index (κ1) is 19.1. The summed E-state index contributed by atoms with van der Waals surface area (Å²) in [6.45, 7) is 3.63. The number of aliphatic imine (C=N–C) groups is 1. The van der Waals surface area contributed by atoms with Crippen molar-refractivity contribution in [2.24, 2.45) is 4.99 Å². The second-order valence-corrected chi connectivity index (χ2v) is 7.12. The van der Waals surface area contributed by atoms with Gasteiger partial charge in [-0.1, -0.05) is 42.5 Å². The molecule has 0 radical (unpaired) electrons. The Morgan fingerprint density at radius 1 is 1.00 bits per heavy atom. The quantitative estimate of drug-likeness (QED) is 0.550. The molecule has 150 valence electrons. The molecular weight excluding hydrogens is 364 g/mol. The van der Waals surface area contributed by atoms with Crippen LogP contribution in [0.2, 0.25) is 0 Å². The van der Waals surface area contributed by atoms with Gasteiger partial charge in [-0.05, 0) is 34.9 Å². The normalized spacial score (nSPS) is 15.0. The van der Waals surface area contributed by atoms with E-state index in [2.05, 4.69) is 57.7 Å². The van der Waals surface area contributed by atoms with Gasteiger partial charge in [0.05, 0.1) is 6.26 Å². The van der Waals surface area contributed by atoms with Crippen LogP contribution < -0.4 is 5.32 Å². The Morgan fingerprint density at radius 3 is 2.52 bits per heavy atom. The number of carbonyl (C=O) groups is 1. The number of carbonyl (C=O) groups excluding carboxylic acids is 1. The van der Waals surface area contributed by atoms with E-state index in [9.17, 15) is 4.79 Å². The molecule has 1 aliphatic heterocycles. The lowest BCUT2D eigenvalue weighted by Gasteiger charge is -2.36. The van der Waals surface area contributed by atoms with Crippen molar-refractivity contribution in [3.05, 3.63) is 72.2 Å². The summed E-state index contributed by atoms with van der Waals surface area (Å²) in [7, 11) is 1.81. The Labute approximate surface area is 170 Å². The summed E-state index contributed by atoms with van der Waals surface area (Å²) in [4.78, 5) is 20.9. The maximum atomic E-state index is 12.4. The molecular formula is C23H26N4O2. The molecule has 2 heterocycles. The van der Waals surface area contributed by atoms with Gasteiger partial charge >= 0.3 is 0 Å². The minimum atomic E-state index is -0.0476. The van der Waals surface area contributed by atoms with Gasteiger partial charge in [0.2, 0.25) is 0 Å². The van der Waals surface area contributed by atoms with Crippen LogP contribution in [0.15, 0.2) is 70.3 Å². The molecule has 1 aromatic heterocycles. The first-order valence-electron chi connectivity index (χ1n) is 10.0. The average Bonchev–Trinajstić information content (AvgIpc) is 3.31. The summed E-state index contributed by atoms with van der Waals surface area (Å²) in [5, 5.41) is 6.05. The molecule has 1 fully saturated rings. The van der Waals surface area contributed by atoms with Crippen molar-refractivity contribution in [1.29, 1.82) is 0 Å². The SMILES string of the molecule is CN=C(NCCc1cccc2ccccc12)N1CCN(C(=O)c2ccco2)CC1. The summed E-state index contributed by atoms with van der Waals surface area (Å²) in [6.07, 6.45) is 2.46. The molecule has 1 aliphatic rings. The Balaban J connectivity index is 1.30. The highest BCUT2D eigenvalue weighted by Gasteiger charge is 2.25. The number of fused-ring (bicyclic) bond motifs is 1. The maximum Gasteiger partial charge on any atom is 0.289 e. The van der Waals surface area contributed by atoms with Gasteiger partial charge in [-0.25, -0.2) is 0 Å². The van der Waals surface area contributed by atoms with E-state index in [1.165, 1.54) is 22.6 Å². The third-order valence-corrected chi connectivity index (χ3v) is 5.37. The van der Waals surface area contributed by atoms with E-state index in [1.54, 1.807) is 19.2 Å². The van der Waals surface area contributed by atoms with Crippen LogP contribution in [-0.4, -0.2) is 61.4 Å². The molecule has 29 heavy (non-hydrogen) atoms. The molecule has 0 unspecified atom stereocenters. The van der Waals surface area contributed by atoms with Gasteiger partial charge in [-0.2, -0.15) is 0 Å². The minimum absolute atomic E-state index is 0.0476. The average molecular weight is 390 g/mol. The Kier molecular flexibility index (Phi) is 5.79. The van der Waals surface area contributed by atoms with E-state index in [0.29, 0.717) is 18.8 Å². The topological polar surface area (TPSA) is 61.1 Å². The molecule has 0 aliphatic carbocycles. The van der Waals surface area contributed by atoms with Crippen LogP contribution in [0.3, 0.4) is 0 Å². The first-order chi connectivity index (χ1) is 14.3. The number of rotatable bonds is 4. The lowest BCUT2D eigenvalue weighted by atomic mass is 10.0. The molecule has 1 amide bonds. The molecule has 6 heteroatoms. The van der Waals surface area contributed by atoms with E-state index >= 15 is 0 Å². The van der Waals surface area contributed by atoms with Crippen LogP contribution in [0.5, 0.6) is 0 Å². The number of hydrogen-bond donors (Lipinski definition) is 1. The summed E-state index contributed by atoms with van der Waals surface area (Å²) in [5.41, 5.74) is 1.33. The van der Waals surface area contributed by atoms with Gasteiger partial charge in [0.25, 0.3) is 5.91 Å². The maximum absolute atomic E-state index is 12.4. The zero-order valence-corrected chi connectivity index (χ0v) is 16.7. The van der Waals surface area contributed by atoms with Crippen LogP contribution in [0.4, 0.5) is 0 Å². The Hall–Kier alpha value is -3.28. The number of amides is 1. The van der Waals surface area contributed by atoms with Gasteiger partial charge in [0.15, 0.2) is 11.7 Å². The molecule has 0 atom stereocenters. The van der Waals surface area contributed by atoms with Crippen LogP contribution in [0, 0.1) is 0 Å². The van der Waals surface area contributed by atoms with E-state index in [0.717, 1.165) is 32.0 Å². The smallest absolute Gasteiger partial charge is 0.289 e. The minimum Gasteiger partial charge on any atom is -0.459 e. The largest absolute Gasteiger partial charge is 0.459 e. The fourth-order valence-corrected chi connectivity index (χ4v) is 3.83. The van der Waals surface area contributed by atoms with Gasteiger partial charge in [0.1, 0.15) is 0 Å². The van der Waals surface area contributed by atoms with Crippen molar-refractivity contribution in [3.8, 4) is 0 Å². The summed E-state index contributed by atoms with van der Waals surface area (Å²) >= 11 is 0. The molecule has 4 rings (SSSR count). The van der Waals surface area contributed by atoms with E-state index < -0.39 is 0 Å². The Bertz CT molecular complexity index is 984. The number of benzene rings is 2. The number of nitrogens with zero attached hydrogens (tertiary/aromatic N) is 3. The standard InChI is InChI=1S/C23H26N4O2/c1-24-23(25-12-11-19-8-4-7-18-6-2-3-9-20(18)19)27-15-13-26(14-16-27)22(28)21-10-5-17-29-21/h2-10,17H,11-16H2,1H3,(H,24,25). The number of piperazine rings is 1. The van der Waals surface area contributed by atoms with Crippen molar-refractivity contribution in [2.75, 3.05) is 39.8 Å². The second kappa shape index (κ2) is 8.82. The lowest BCUT2D eigenvalue weighted by Crippen LogP contribution is -2.54. The van der Waals surface area contributed by atoms with Crippen LogP contribution in [0.25, 0.3) is 10.8 Å². The zero-order valence-electron chi connectivity index (χ0n) is 16.7. The molecule has 6 nitrogen and oxygen atoms in total. The molecule has 1 saturated heterocycles. The molecule has 0 saturated carbocycles. The molecule has 3 aromatic rings. The highest BCUT2D eigenvalue weighted by atomic mass is 16.3. The zero-order chi connectivity index (χ0) is 20.1. The number of hydrogen-bond acceptors (Lipinski definition) is 3. The van der Waals surface area contributed by atoms with E-state index in [4.69, 9.17) is 4.42 Å².